The number of amides is 1. The monoisotopic (exact) mass is 402 g/mol. The molecule has 0 aliphatic carbocycles. The lowest BCUT2D eigenvalue weighted by atomic mass is 9.99. The van der Waals surface area contributed by atoms with Crippen molar-refractivity contribution in [2.45, 2.75) is 32.9 Å². The van der Waals surface area contributed by atoms with Gasteiger partial charge >= 0.3 is 0 Å². The molecular weight excluding hydrogens is 376 g/mol. The van der Waals surface area contributed by atoms with Gasteiger partial charge < -0.3 is 9.64 Å². The normalized spacial score (nSPS) is 14.9. The Morgan fingerprint density at radius 1 is 1.18 bits per heavy atom. The standard InChI is InChI=1S/C21H26N2O4S/c1-15-9-10-20(27-3)19(13-15)23(28(4,25)26)16(2)21(24)22-12-11-17-7-5-6-8-18(17)14-22/h5-10,13,16H,11-12,14H2,1-4H3. The zero-order valence-electron chi connectivity index (χ0n) is 16.7. The fourth-order valence-corrected chi connectivity index (χ4v) is 4.86. The number of fused-ring (bicyclic) bond motifs is 1. The van der Waals surface area contributed by atoms with Crippen molar-refractivity contribution in [1.82, 2.24) is 4.90 Å². The second-order valence-corrected chi connectivity index (χ2v) is 9.05. The van der Waals surface area contributed by atoms with Gasteiger partial charge in [0.05, 0.1) is 19.1 Å². The molecule has 1 heterocycles. The number of hydrogen-bond donors (Lipinski definition) is 0. The lowest BCUT2D eigenvalue weighted by Gasteiger charge is -2.35. The molecule has 2 aromatic carbocycles. The van der Waals surface area contributed by atoms with E-state index >= 15 is 0 Å². The minimum atomic E-state index is -3.70. The number of nitrogens with zero attached hydrogens (tertiary/aromatic N) is 2. The third kappa shape index (κ3) is 3.99. The molecule has 0 bridgehead atoms. The summed E-state index contributed by atoms with van der Waals surface area (Å²) in [7, 11) is -2.22. The molecule has 0 saturated carbocycles. The number of anilines is 1. The lowest BCUT2D eigenvalue weighted by Crippen LogP contribution is -2.50. The molecule has 7 heteroatoms. The van der Waals surface area contributed by atoms with Crippen LogP contribution in [0.25, 0.3) is 0 Å². The van der Waals surface area contributed by atoms with Crippen LogP contribution in [0.1, 0.15) is 23.6 Å². The van der Waals surface area contributed by atoms with E-state index in [0.29, 0.717) is 24.5 Å². The van der Waals surface area contributed by atoms with Crippen molar-refractivity contribution in [2.24, 2.45) is 0 Å². The highest BCUT2D eigenvalue weighted by Crippen LogP contribution is 2.33. The van der Waals surface area contributed by atoms with Gasteiger partial charge in [-0.3, -0.25) is 9.10 Å². The van der Waals surface area contributed by atoms with Crippen molar-refractivity contribution >= 4 is 21.6 Å². The molecule has 3 rings (SSSR count). The zero-order chi connectivity index (χ0) is 20.5. The van der Waals surface area contributed by atoms with Gasteiger partial charge in [0.2, 0.25) is 15.9 Å². The Morgan fingerprint density at radius 3 is 2.50 bits per heavy atom. The molecule has 0 spiro atoms. The van der Waals surface area contributed by atoms with E-state index in [9.17, 15) is 13.2 Å². The number of methoxy groups -OCH3 is 1. The van der Waals surface area contributed by atoms with Crippen molar-refractivity contribution in [2.75, 3.05) is 24.2 Å². The van der Waals surface area contributed by atoms with Crippen LogP contribution in [-0.4, -0.2) is 45.2 Å². The first kappa shape index (κ1) is 20.2. The summed E-state index contributed by atoms with van der Waals surface area (Å²) in [5.41, 5.74) is 3.60. The Bertz CT molecular complexity index is 988. The third-order valence-electron chi connectivity index (χ3n) is 5.08. The van der Waals surface area contributed by atoms with Gasteiger partial charge in [-0.25, -0.2) is 8.42 Å². The molecule has 1 aliphatic heterocycles. The van der Waals surface area contributed by atoms with Crippen LogP contribution in [0.3, 0.4) is 0 Å². The van der Waals surface area contributed by atoms with Gasteiger partial charge in [-0.1, -0.05) is 30.3 Å². The summed E-state index contributed by atoms with van der Waals surface area (Å²) < 4.78 is 31.8. The van der Waals surface area contributed by atoms with Crippen LogP contribution in [0.2, 0.25) is 0 Å². The predicted molar refractivity (Wildman–Crippen MR) is 110 cm³/mol. The minimum absolute atomic E-state index is 0.219. The van der Waals surface area contributed by atoms with Crippen LogP contribution >= 0.6 is 0 Å². The summed E-state index contributed by atoms with van der Waals surface area (Å²) in [5, 5.41) is 0. The number of benzene rings is 2. The Kier molecular flexibility index (Phi) is 5.65. The molecule has 0 N–H and O–H groups in total. The first-order valence-corrected chi connectivity index (χ1v) is 11.1. The Balaban J connectivity index is 1.94. The molecule has 150 valence electrons. The van der Waals surface area contributed by atoms with Gasteiger partial charge in [0, 0.05) is 13.1 Å². The molecule has 2 aromatic rings. The van der Waals surface area contributed by atoms with Crippen LogP contribution in [0.5, 0.6) is 5.75 Å². The molecule has 28 heavy (non-hydrogen) atoms. The topological polar surface area (TPSA) is 66.9 Å². The summed E-state index contributed by atoms with van der Waals surface area (Å²) >= 11 is 0. The largest absolute Gasteiger partial charge is 0.495 e. The van der Waals surface area contributed by atoms with Gasteiger partial charge in [0.15, 0.2) is 0 Å². The molecule has 6 nitrogen and oxygen atoms in total. The molecule has 0 saturated heterocycles. The van der Waals surface area contributed by atoms with Crippen molar-refractivity contribution in [3.8, 4) is 5.75 Å². The maximum Gasteiger partial charge on any atom is 0.246 e. The number of sulfonamides is 1. The van der Waals surface area contributed by atoms with Crippen LogP contribution in [0.15, 0.2) is 42.5 Å². The second kappa shape index (κ2) is 7.83. The average molecular weight is 403 g/mol. The molecule has 1 aliphatic rings. The van der Waals surface area contributed by atoms with E-state index in [1.807, 2.05) is 31.2 Å². The molecule has 1 unspecified atom stereocenters. The van der Waals surface area contributed by atoms with Gasteiger partial charge in [0.1, 0.15) is 11.8 Å². The third-order valence-corrected chi connectivity index (χ3v) is 6.31. The summed E-state index contributed by atoms with van der Waals surface area (Å²) in [6.07, 6.45) is 1.88. The van der Waals surface area contributed by atoms with Crippen LogP contribution in [0.4, 0.5) is 5.69 Å². The molecular formula is C21H26N2O4S. The highest BCUT2D eigenvalue weighted by molar-refractivity contribution is 7.92. The fraction of sp³-hybridized carbons (Fsp3) is 0.381. The van der Waals surface area contributed by atoms with E-state index in [0.717, 1.165) is 23.8 Å². The lowest BCUT2D eigenvalue weighted by molar-refractivity contribution is -0.132. The average Bonchev–Trinajstić information content (AvgIpc) is 2.66. The van der Waals surface area contributed by atoms with E-state index in [2.05, 4.69) is 6.07 Å². The Morgan fingerprint density at radius 2 is 1.86 bits per heavy atom. The summed E-state index contributed by atoms with van der Waals surface area (Å²) in [6, 6.07) is 12.4. The SMILES string of the molecule is COc1ccc(C)cc1N(C(C)C(=O)N1CCc2ccccc2C1)S(C)(=O)=O. The highest BCUT2D eigenvalue weighted by atomic mass is 32.2. The Hall–Kier alpha value is -2.54. The maximum absolute atomic E-state index is 13.2. The fourth-order valence-electron chi connectivity index (χ4n) is 3.70. The second-order valence-electron chi connectivity index (χ2n) is 7.19. The summed E-state index contributed by atoms with van der Waals surface area (Å²) in [5.74, 6) is 0.197. The van der Waals surface area contributed by atoms with Crippen molar-refractivity contribution in [3.63, 3.8) is 0 Å². The first-order valence-electron chi connectivity index (χ1n) is 9.22. The van der Waals surface area contributed by atoms with Gasteiger partial charge in [0.25, 0.3) is 0 Å². The van der Waals surface area contributed by atoms with Crippen LogP contribution in [-0.2, 0) is 27.8 Å². The number of aryl methyl sites for hydroxylation is 1. The van der Waals surface area contributed by atoms with Crippen molar-refractivity contribution < 1.29 is 17.9 Å². The van der Waals surface area contributed by atoms with E-state index in [4.69, 9.17) is 4.74 Å². The smallest absolute Gasteiger partial charge is 0.246 e. The molecule has 0 aromatic heterocycles. The summed E-state index contributed by atoms with van der Waals surface area (Å²) in [4.78, 5) is 15.0. The number of ether oxygens (including phenoxy) is 1. The van der Waals surface area contributed by atoms with E-state index in [1.54, 1.807) is 24.0 Å². The van der Waals surface area contributed by atoms with Gasteiger partial charge in [-0.15, -0.1) is 0 Å². The minimum Gasteiger partial charge on any atom is -0.495 e. The van der Waals surface area contributed by atoms with Crippen LogP contribution < -0.4 is 9.04 Å². The maximum atomic E-state index is 13.2. The molecule has 1 amide bonds. The van der Waals surface area contributed by atoms with E-state index in [1.165, 1.54) is 17.0 Å². The molecule has 0 radical (unpaired) electrons. The number of hydrogen-bond acceptors (Lipinski definition) is 4. The van der Waals surface area contributed by atoms with E-state index in [-0.39, 0.29) is 5.91 Å². The molecule has 0 fully saturated rings. The Labute approximate surface area is 166 Å². The summed E-state index contributed by atoms with van der Waals surface area (Å²) in [6.45, 7) is 4.56. The number of carbonyl (C=O) groups excluding carboxylic acids is 1. The van der Waals surface area contributed by atoms with E-state index < -0.39 is 16.1 Å². The predicted octanol–water partition coefficient (Wildman–Crippen LogP) is 2.74. The van der Waals surface area contributed by atoms with Crippen molar-refractivity contribution in [3.05, 3.63) is 59.2 Å². The number of rotatable bonds is 5. The first-order chi connectivity index (χ1) is 13.2. The van der Waals surface area contributed by atoms with Gasteiger partial charge in [-0.2, -0.15) is 0 Å². The number of carbonyl (C=O) groups is 1. The van der Waals surface area contributed by atoms with Gasteiger partial charge in [-0.05, 0) is 49.1 Å². The zero-order valence-corrected chi connectivity index (χ0v) is 17.5. The van der Waals surface area contributed by atoms with Crippen LogP contribution in [0, 0.1) is 6.92 Å². The van der Waals surface area contributed by atoms with Crippen molar-refractivity contribution in [1.29, 1.82) is 0 Å². The molecule has 1 atom stereocenters. The quantitative estimate of drug-likeness (QED) is 0.771. The highest BCUT2D eigenvalue weighted by Gasteiger charge is 2.34.